The van der Waals surface area contributed by atoms with Gasteiger partial charge in [-0.1, -0.05) is 28.9 Å². The fourth-order valence-electron chi connectivity index (χ4n) is 2.23. The highest BCUT2D eigenvalue weighted by Crippen LogP contribution is 2.27. The average molecular weight is 365 g/mol. The predicted octanol–water partition coefficient (Wildman–Crippen LogP) is 3.32. The maximum Gasteiger partial charge on any atom is 0.339 e. The first-order valence-corrected chi connectivity index (χ1v) is 8.24. The number of thiophene rings is 1. The molecular formula is C16H13ClN2O4S. The number of ether oxygens (including phenoxy) is 1. The number of rotatable bonds is 4. The highest BCUT2D eigenvalue weighted by molar-refractivity contribution is 7.18. The Labute approximate surface area is 147 Å². The van der Waals surface area contributed by atoms with Crippen molar-refractivity contribution < 1.29 is 19.2 Å². The SMILES string of the molecule is COC(=O)c1ccccc1NC(=O)C1CC(c2ccc(Cl)s2)=NO1. The lowest BCUT2D eigenvalue weighted by Crippen LogP contribution is -2.28. The second-order valence-corrected chi connectivity index (χ2v) is 6.68. The number of para-hydroxylation sites is 1. The molecule has 0 bridgehead atoms. The van der Waals surface area contributed by atoms with E-state index in [4.69, 9.17) is 21.2 Å². The van der Waals surface area contributed by atoms with Gasteiger partial charge in [-0.15, -0.1) is 11.3 Å². The van der Waals surface area contributed by atoms with Gasteiger partial charge in [0.1, 0.15) is 5.71 Å². The van der Waals surface area contributed by atoms with E-state index in [-0.39, 0.29) is 11.5 Å². The first kappa shape index (κ1) is 16.5. The summed E-state index contributed by atoms with van der Waals surface area (Å²) >= 11 is 7.28. The van der Waals surface area contributed by atoms with Crippen molar-refractivity contribution >= 4 is 46.2 Å². The Morgan fingerprint density at radius 2 is 2.12 bits per heavy atom. The van der Waals surface area contributed by atoms with Crippen molar-refractivity contribution in [3.05, 3.63) is 51.2 Å². The van der Waals surface area contributed by atoms with Crippen LogP contribution in [0.15, 0.2) is 41.6 Å². The van der Waals surface area contributed by atoms with Gasteiger partial charge in [0.05, 0.1) is 27.6 Å². The number of halogens is 1. The molecule has 124 valence electrons. The molecule has 0 fully saturated rings. The Balaban J connectivity index is 1.68. The smallest absolute Gasteiger partial charge is 0.339 e. The van der Waals surface area contributed by atoms with Gasteiger partial charge < -0.3 is 14.9 Å². The van der Waals surface area contributed by atoms with Crippen LogP contribution in [0.2, 0.25) is 4.34 Å². The Morgan fingerprint density at radius 1 is 1.33 bits per heavy atom. The highest BCUT2D eigenvalue weighted by atomic mass is 35.5. The van der Waals surface area contributed by atoms with Crippen LogP contribution < -0.4 is 5.32 Å². The molecule has 1 aromatic carbocycles. The summed E-state index contributed by atoms with van der Waals surface area (Å²) in [7, 11) is 1.29. The van der Waals surface area contributed by atoms with Gasteiger partial charge in [-0.3, -0.25) is 4.79 Å². The Bertz CT molecular complexity index is 818. The van der Waals surface area contributed by atoms with Gasteiger partial charge in [0, 0.05) is 6.42 Å². The molecular weight excluding hydrogens is 352 g/mol. The summed E-state index contributed by atoms with van der Waals surface area (Å²) in [4.78, 5) is 30.2. The third kappa shape index (κ3) is 3.42. The molecule has 1 N–H and O–H groups in total. The van der Waals surface area contributed by atoms with Crippen LogP contribution in [0.4, 0.5) is 5.69 Å². The third-order valence-corrected chi connectivity index (χ3v) is 4.69. The Hall–Kier alpha value is -2.38. The summed E-state index contributed by atoms with van der Waals surface area (Å²) in [6.07, 6.45) is -0.421. The zero-order chi connectivity index (χ0) is 17.1. The highest BCUT2D eigenvalue weighted by Gasteiger charge is 2.30. The second-order valence-electron chi connectivity index (χ2n) is 4.97. The minimum Gasteiger partial charge on any atom is -0.465 e. The predicted molar refractivity (Wildman–Crippen MR) is 91.8 cm³/mol. The molecule has 8 heteroatoms. The summed E-state index contributed by atoms with van der Waals surface area (Å²) in [5.41, 5.74) is 1.32. The maximum atomic E-state index is 12.4. The molecule has 3 rings (SSSR count). The number of anilines is 1. The summed E-state index contributed by atoms with van der Waals surface area (Å²) in [5, 5.41) is 6.64. The third-order valence-electron chi connectivity index (χ3n) is 3.41. The van der Waals surface area contributed by atoms with E-state index in [9.17, 15) is 9.59 Å². The number of hydrogen-bond acceptors (Lipinski definition) is 6. The number of esters is 1. The van der Waals surface area contributed by atoms with Crippen molar-refractivity contribution in [3.63, 3.8) is 0 Å². The molecule has 1 amide bonds. The first-order valence-electron chi connectivity index (χ1n) is 7.05. The molecule has 0 radical (unpaired) electrons. The van der Waals surface area contributed by atoms with Crippen molar-refractivity contribution in [1.82, 2.24) is 0 Å². The first-order chi connectivity index (χ1) is 11.6. The van der Waals surface area contributed by atoms with Crippen LogP contribution in [0, 0.1) is 0 Å². The van der Waals surface area contributed by atoms with Crippen molar-refractivity contribution in [2.24, 2.45) is 5.16 Å². The molecule has 1 atom stereocenters. The molecule has 1 aromatic heterocycles. The number of methoxy groups -OCH3 is 1. The van der Waals surface area contributed by atoms with Gasteiger partial charge in [-0.05, 0) is 24.3 Å². The molecule has 0 spiro atoms. The van der Waals surface area contributed by atoms with Crippen molar-refractivity contribution in [1.29, 1.82) is 0 Å². The summed E-state index contributed by atoms with van der Waals surface area (Å²) in [6, 6.07) is 10.2. The van der Waals surface area contributed by atoms with Gasteiger partial charge in [0.15, 0.2) is 0 Å². The number of carbonyl (C=O) groups is 2. The largest absolute Gasteiger partial charge is 0.465 e. The molecule has 1 unspecified atom stereocenters. The van der Waals surface area contributed by atoms with Crippen LogP contribution >= 0.6 is 22.9 Å². The van der Waals surface area contributed by atoms with E-state index in [1.54, 1.807) is 30.3 Å². The van der Waals surface area contributed by atoms with Crippen LogP contribution in [0.5, 0.6) is 0 Å². The van der Waals surface area contributed by atoms with Gasteiger partial charge in [-0.25, -0.2) is 4.79 Å². The summed E-state index contributed by atoms with van der Waals surface area (Å²) in [5.74, 6) is -0.906. The minimum atomic E-state index is -0.758. The Morgan fingerprint density at radius 3 is 2.83 bits per heavy atom. The monoisotopic (exact) mass is 364 g/mol. The van der Waals surface area contributed by atoms with E-state index >= 15 is 0 Å². The van der Waals surface area contributed by atoms with E-state index < -0.39 is 12.1 Å². The van der Waals surface area contributed by atoms with E-state index in [1.165, 1.54) is 18.4 Å². The van der Waals surface area contributed by atoms with Crippen molar-refractivity contribution in [3.8, 4) is 0 Å². The topological polar surface area (TPSA) is 77.0 Å². The zero-order valence-electron chi connectivity index (χ0n) is 12.6. The molecule has 0 saturated carbocycles. The van der Waals surface area contributed by atoms with Gasteiger partial charge in [0.2, 0.25) is 6.10 Å². The fourth-order valence-corrected chi connectivity index (χ4v) is 3.26. The number of carbonyl (C=O) groups excluding carboxylic acids is 2. The van der Waals surface area contributed by atoms with Crippen molar-refractivity contribution in [2.45, 2.75) is 12.5 Å². The molecule has 0 saturated heterocycles. The summed E-state index contributed by atoms with van der Waals surface area (Å²) in [6.45, 7) is 0. The molecule has 1 aliphatic rings. The average Bonchev–Trinajstić information content (AvgIpc) is 3.23. The quantitative estimate of drug-likeness (QED) is 0.844. The molecule has 0 aliphatic carbocycles. The van der Waals surface area contributed by atoms with Crippen LogP contribution in [0.25, 0.3) is 0 Å². The molecule has 6 nitrogen and oxygen atoms in total. The van der Waals surface area contributed by atoms with Crippen LogP contribution in [0.1, 0.15) is 21.7 Å². The number of nitrogens with zero attached hydrogens (tertiary/aromatic N) is 1. The maximum absolute atomic E-state index is 12.4. The number of oxime groups is 1. The van der Waals surface area contributed by atoms with Crippen molar-refractivity contribution in [2.75, 3.05) is 12.4 Å². The lowest BCUT2D eigenvalue weighted by molar-refractivity contribution is -0.125. The van der Waals surface area contributed by atoms with E-state index in [0.29, 0.717) is 22.2 Å². The molecule has 2 aromatic rings. The molecule has 24 heavy (non-hydrogen) atoms. The lowest BCUT2D eigenvalue weighted by atomic mass is 10.1. The van der Waals surface area contributed by atoms with E-state index in [0.717, 1.165) is 4.88 Å². The van der Waals surface area contributed by atoms with Crippen LogP contribution in [-0.4, -0.2) is 30.8 Å². The normalized spacial score (nSPS) is 16.2. The lowest BCUT2D eigenvalue weighted by Gasteiger charge is -2.12. The number of nitrogens with one attached hydrogen (secondary N) is 1. The molecule has 2 heterocycles. The Kier molecular flexibility index (Phi) is 4.82. The van der Waals surface area contributed by atoms with Crippen LogP contribution in [-0.2, 0) is 14.4 Å². The minimum absolute atomic E-state index is 0.275. The van der Waals surface area contributed by atoms with Gasteiger partial charge >= 0.3 is 5.97 Å². The number of hydrogen-bond donors (Lipinski definition) is 1. The number of benzene rings is 1. The molecule has 1 aliphatic heterocycles. The van der Waals surface area contributed by atoms with Crippen LogP contribution in [0.3, 0.4) is 0 Å². The number of amides is 1. The fraction of sp³-hybridized carbons (Fsp3) is 0.188. The van der Waals surface area contributed by atoms with Gasteiger partial charge in [0.25, 0.3) is 5.91 Å². The zero-order valence-corrected chi connectivity index (χ0v) is 14.2. The standard InChI is InChI=1S/C16H13ClN2O4S/c1-22-16(21)9-4-2-3-5-10(9)18-15(20)12-8-11(19-23-12)13-6-7-14(17)24-13/h2-7,12H,8H2,1H3,(H,18,20). The van der Waals surface area contributed by atoms with E-state index in [2.05, 4.69) is 10.5 Å². The van der Waals surface area contributed by atoms with Gasteiger partial charge in [-0.2, -0.15) is 0 Å². The second kappa shape index (κ2) is 7.02. The summed E-state index contributed by atoms with van der Waals surface area (Å²) < 4.78 is 5.35. The van der Waals surface area contributed by atoms with E-state index in [1.807, 2.05) is 6.07 Å².